The maximum absolute atomic E-state index is 13.3. The lowest BCUT2D eigenvalue weighted by molar-refractivity contribution is -0.137. The Morgan fingerprint density at radius 1 is 1.34 bits per heavy atom. The zero-order valence-corrected chi connectivity index (χ0v) is 16.2. The topological polar surface area (TPSA) is 60.0 Å². The summed E-state index contributed by atoms with van der Waals surface area (Å²) in [6, 6.07) is 1.35. The van der Waals surface area contributed by atoms with Crippen LogP contribution < -0.4 is 5.73 Å². The van der Waals surface area contributed by atoms with Crippen molar-refractivity contribution in [1.82, 2.24) is 19.4 Å². The van der Waals surface area contributed by atoms with E-state index in [9.17, 15) is 17.6 Å². The van der Waals surface area contributed by atoms with E-state index in [1.807, 2.05) is 6.20 Å². The van der Waals surface area contributed by atoms with Crippen molar-refractivity contribution < 1.29 is 17.6 Å². The Morgan fingerprint density at radius 3 is 2.72 bits per heavy atom. The van der Waals surface area contributed by atoms with Crippen molar-refractivity contribution in [2.24, 2.45) is 17.8 Å². The van der Waals surface area contributed by atoms with Gasteiger partial charge in [0.2, 0.25) is 0 Å². The summed E-state index contributed by atoms with van der Waals surface area (Å²) in [7, 11) is 0. The molecule has 6 rings (SSSR count). The minimum atomic E-state index is -4.57. The van der Waals surface area contributed by atoms with E-state index in [1.54, 1.807) is 0 Å². The van der Waals surface area contributed by atoms with Crippen LogP contribution >= 0.6 is 0 Å². The van der Waals surface area contributed by atoms with Crippen molar-refractivity contribution in [3.05, 3.63) is 29.8 Å². The predicted octanol–water partition coefficient (Wildman–Crippen LogP) is 3.35. The lowest BCUT2D eigenvalue weighted by atomic mass is 10.1. The van der Waals surface area contributed by atoms with E-state index < -0.39 is 17.6 Å². The van der Waals surface area contributed by atoms with Gasteiger partial charge in [0.15, 0.2) is 0 Å². The van der Waals surface area contributed by atoms with Gasteiger partial charge in [0, 0.05) is 55.3 Å². The molecule has 0 spiro atoms. The first-order valence-corrected chi connectivity index (χ1v) is 9.91. The van der Waals surface area contributed by atoms with Crippen LogP contribution in [0.1, 0.15) is 25.2 Å². The Labute approximate surface area is 165 Å². The summed E-state index contributed by atoms with van der Waals surface area (Å²) in [5.41, 5.74) is 5.22. The van der Waals surface area contributed by atoms with Gasteiger partial charge in [-0.2, -0.15) is 13.2 Å². The second kappa shape index (κ2) is 5.93. The van der Waals surface area contributed by atoms with E-state index in [-0.39, 0.29) is 12.2 Å². The fourth-order valence-electron chi connectivity index (χ4n) is 5.43. The number of rotatable bonds is 6. The minimum absolute atomic E-state index is 0.0429. The highest BCUT2D eigenvalue weighted by Gasteiger charge is 2.93. The molecular formula is C20H23F4N5. The number of hydrogen-bond donors (Lipinski definition) is 1. The van der Waals surface area contributed by atoms with Gasteiger partial charge in [-0.3, -0.25) is 4.90 Å². The Balaban J connectivity index is 1.53. The molecule has 4 heterocycles. The van der Waals surface area contributed by atoms with Crippen molar-refractivity contribution in [2.45, 2.75) is 38.0 Å². The molecule has 2 bridgehead atoms. The molecule has 1 unspecified atom stereocenters. The second-order valence-electron chi connectivity index (χ2n) is 8.81. The maximum atomic E-state index is 13.3. The highest BCUT2D eigenvalue weighted by molar-refractivity contribution is 5.63. The number of fused-ring (bicyclic) bond motifs is 1. The van der Waals surface area contributed by atoms with Crippen molar-refractivity contribution in [1.29, 1.82) is 0 Å². The number of pyridine rings is 1. The maximum Gasteiger partial charge on any atom is 0.419 e. The Kier molecular flexibility index (Phi) is 3.85. The van der Waals surface area contributed by atoms with Crippen molar-refractivity contribution >= 4 is 5.82 Å². The number of nitrogens with zero attached hydrogens (tertiary/aromatic N) is 4. The number of halogens is 4. The summed E-state index contributed by atoms with van der Waals surface area (Å²) in [6.07, 6.45) is -0.642. The van der Waals surface area contributed by atoms with E-state index in [0.29, 0.717) is 41.6 Å². The van der Waals surface area contributed by atoms with Gasteiger partial charge in [0.05, 0.1) is 16.8 Å². The van der Waals surface area contributed by atoms with Gasteiger partial charge < -0.3 is 10.3 Å². The van der Waals surface area contributed by atoms with Gasteiger partial charge in [0.25, 0.3) is 0 Å². The Hall–Kier alpha value is -2.16. The SMILES string of the molecule is CC(C)Cc1nc(-c2cnc(N)c(C(F)(F)F)c2)cn1[C@@]12C3[C@H]1[C@H]2CN3CCF. The molecule has 4 fully saturated rings. The third-order valence-electron chi connectivity index (χ3n) is 6.66. The second-order valence-corrected chi connectivity index (χ2v) is 8.81. The molecule has 4 aliphatic rings. The van der Waals surface area contributed by atoms with E-state index in [4.69, 9.17) is 10.7 Å². The highest BCUT2D eigenvalue weighted by Crippen LogP contribution is 2.83. The monoisotopic (exact) mass is 409 g/mol. The number of piperidine rings is 1. The van der Waals surface area contributed by atoms with Crippen LogP contribution in [0.4, 0.5) is 23.4 Å². The molecule has 5 nitrogen and oxygen atoms in total. The Bertz CT molecular complexity index is 962. The molecule has 2 aliphatic heterocycles. The van der Waals surface area contributed by atoms with Crippen LogP contribution in [0.25, 0.3) is 11.3 Å². The largest absolute Gasteiger partial charge is 0.419 e. The number of aromatic nitrogens is 3. The lowest BCUT2D eigenvalue weighted by Crippen LogP contribution is -2.28. The van der Waals surface area contributed by atoms with Gasteiger partial charge in [-0.05, 0) is 12.0 Å². The molecule has 0 radical (unpaired) electrons. The average Bonchev–Trinajstić information content (AvgIpc) is 3.21. The van der Waals surface area contributed by atoms with E-state index >= 15 is 0 Å². The minimum Gasteiger partial charge on any atom is -0.383 e. The molecule has 9 heteroatoms. The average molecular weight is 409 g/mol. The lowest BCUT2D eigenvalue weighted by Gasteiger charge is -2.17. The van der Waals surface area contributed by atoms with E-state index in [1.165, 1.54) is 6.20 Å². The third-order valence-corrected chi connectivity index (χ3v) is 6.66. The predicted molar refractivity (Wildman–Crippen MR) is 99.7 cm³/mol. The first-order chi connectivity index (χ1) is 13.7. The normalized spacial score (nSPS) is 30.1. The van der Waals surface area contributed by atoms with Crippen LogP contribution in [0.15, 0.2) is 18.5 Å². The van der Waals surface area contributed by atoms with Crippen LogP contribution in [0.2, 0.25) is 0 Å². The van der Waals surface area contributed by atoms with E-state index in [2.05, 4.69) is 28.3 Å². The van der Waals surface area contributed by atoms with Gasteiger partial charge in [-0.1, -0.05) is 13.8 Å². The quantitative estimate of drug-likeness (QED) is 0.744. The molecule has 2 saturated heterocycles. The summed E-state index contributed by atoms with van der Waals surface area (Å²) in [5.74, 6) is 1.69. The van der Waals surface area contributed by atoms with Gasteiger partial charge in [-0.25, -0.2) is 14.4 Å². The van der Waals surface area contributed by atoms with Crippen LogP contribution in [0.3, 0.4) is 0 Å². The molecule has 0 aromatic carbocycles. The summed E-state index contributed by atoms with van der Waals surface area (Å²) < 4.78 is 54.8. The summed E-state index contributed by atoms with van der Waals surface area (Å²) >= 11 is 0. The highest BCUT2D eigenvalue weighted by atomic mass is 19.4. The Morgan fingerprint density at radius 2 is 2.10 bits per heavy atom. The van der Waals surface area contributed by atoms with Gasteiger partial charge >= 0.3 is 6.18 Å². The van der Waals surface area contributed by atoms with Crippen molar-refractivity contribution in [3.63, 3.8) is 0 Å². The summed E-state index contributed by atoms with van der Waals surface area (Å²) in [6.45, 7) is 5.14. The first kappa shape index (κ1) is 18.8. The number of alkyl halides is 4. The third kappa shape index (κ3) is 2.55. The van der Waals surface area contributed by atoms with Crippen LogP contribution in [0.5, 0.6) is 0 Å². The number of anilines is 1. The summed E-state index contributed by atoms with van der Waals surface area (Å²) in [4.78, 5) is 10.6. The standard InChI is InChI=1S/C20H23F4N5/c1-10(2)5-15-27-14(11-6-12(20(22,23)24)18(25)26-7-11)9-29(15)19-13-8-28(4-3-21)17(19)16(13)19/h6-7,9-10,13,16-17H,3-5,8H2,1-2H3,(H2,25,26)/t13-,16-,17?,19-/m1/s1. The van der Waals surface area contributed by atoms with E-state index in [0.717, 1.165) is 24.9 Å². The zero-order valence-electron chi connectivity index (χ0n) is 16.2. The molecule has 2 saturated carbocycles. The van der Waals surface area contributed by atoms with Crippen LogP contribution in [-0.2, 0) is 18.1 Å². The number of nitrogens with two attached hydrogens (primary N) is 1. The molecular weight excluding hydrogens is 386 g/mol. The molecule has 2 N–H and O–H groups in total. The molecule has 4 atom stereocenters. The van der Waals surface area contributed by atoms with Gasteiger partial charge in [-0.15, -0.1) is 0 Å². The molecule has 2 aromatic heterocycles. The zero-order chi connectivity index (χ0) is 20.7. The fourth-order valence-corrected chi connectivity index (χ4v) is 5.43. The number of hydrogen-bond acceptors (Lipinski definition) is 4. The number of nitrogen functional groups attached to an aromatic ring is 1. The van der Waals surface area contributed by atoms with Crippen molar-refractivity contribution in [2.75, 3.05) is 25.5 Å². The number of imidazole rings is 1. The summed E-state index contributed by atoms with van der Waals surface area (Å²) in [5, 5.41) is 0. The molecule has 156 valence electrons. The first-order valence-electron chi connectivity index (χ1n) is 9.91. The van der Waals surface area contributed by atoms with Gasteiger partial charge in [0.1, 0.15) is 18.3 Å². The molecule has 2 aliphatic carbocycles. The fraction of sp³-hybridized carbons (Fsp3) is 0.600. The molecule has 2 aromatic rings. The van der Waals surface area contributed by atoms with Crippen LogP contribution in [-0.4, -0.2) is 45.2 Å². The smallest absolute Gasteiger partial charge is 0.383 e. The molecule has 0 amide bonds. The van der Waals surface area contributed by atoms with Crippen molar-refractivity contribution in [3.8, 4) is 11.3 Å². The van der Waals surface area contributed by atoms with Crippen LogP contribution in [0, 0.1) is 17.8 Å². The molecule has 29 heavy (non-hydrogen) atoms.